The van der Waals surface area contributed by atoms with Crippen molar-refractivity contribution in [1.82, 2.24) is 4.72 Å². The van der Waals surface area contributed by atoms with Crippen LogP contribution in [0.15, 0.2) is 53.4 Å². The van der Waals surface area contributed by atoms with Crippen LogP contribution in [-0.4, -0.2) is 39.8 Å². The van der Waals surface area contributed by atoms with Gasteiger partial charge in [-0.1, -0.05) is 30.3 Å². The van der Waals surface area contributed by atoms with Gasteiger partial charge in [0.15, 0.2) is 0 Å². The molecule has 2 aromatic rings. The second kappa shape index (κ2) is 9.33. The first-order chi connectivity index (χ1) is 12.4. The molecule has 26 heavy (non-hydrogen) atoms. The highest BCUT2D eigenvalue weighted by Crippen LogP contribution is 2.21. The van der Waals surface area contributed by atoms with Gasteiger partial charge in [0.1, 0.15) is 0 Å². The molecule has 0 fully saturated rings. The lowest BCUT2D eigenvalue weighted by atomic mass is 10.1. The Bertz CT molecular complexity index is 838. The summed E-state index contributed by atoms with van der Waals surface area (Å²) in [5.41, 5.74) is 1.25. The topological polar surface area (TPSA) is 105 Å². The lowest BCUT2D eigenvalue weighted by molar-refractivity contribution is 0.0697. The minimum atomic E-state index is -3.78. The molecule has 3 N–H and O–H groups in total. The fourth-order valence-electron chi connectivity index (χ4n) is 2.32. The van der Waals surface area contributed by atoms with Gasteiger partial charge in [0, 0.05) is 32.5 Å². The van der Waals surface area contributed by atoms with Gasteiger partial charge < -0.3 is 15.2 Å². The molecule has 0 radical (unpaired) electrons. The molecule has 140 valence electrons. The maximum Gasteiger partial charge on any atom is 0.337 e. The van der Waals surface area contributed by atoms with Crippen LogP contribution < -0.4 is 10.0 Å². The quantitative estimate of drug-likeness (QED) is 0.548. The lowest BCUT2D eigenvalue weighted by Crippen LogP contribution is -2.26. The van der Waals surface area contributed by atoms with Crippen LogP contribution in [0, 0.1) is 0 Å². The second-order valence-electron chi connectivity index (χ2n) is 5.60. The van der Waals surface area contributed by atoms with E-state index in [1.54, 1.807) is 0 Å². The standard InChI is InChI=1S/C18H22N2O5S/c1-25-11-5-10-20-26(23,24)15-8-9-17(16(12-15)18(21)22)19-13-14-6-3-2-4-7-14/h2-4,6-9,12,19-20H,5,10-11,13H2,1H3,(H,21,22). The van der Waals surface area contributed by atoms with Gasteiger partial charge in [-0.2, -0.15) is 0 Å². The zero-order chi connectivity index (χ0) is 19.0. The fourth-order valence-corrected chi connectivity index (χ4v) is 3.42. The van der Waals surface area contributed by atoms with Crippen molar-refractivity contribution in [2.24, 2.45) is 0 Å². The van der Waals surface area contributed by atoms with Crippen molar-refractivity contribution in [3.63, 3.8) is 0 Å². The Labute approximate surface area is 153 Å². The number of anilines is 1. The molecule has 0 aliphatic heterocycles. The Balaban J connectivity index is 2.16. The molecule has 2 aromatic carbocycles. The van der Waals surface area contributed by atoms with Gasteiger partial charge in [0.2, 0.25) is 10.0 Å². The highest BCUT2D eigenvalue weighted by molar-refractivity contribution is 7.89. The summed E-state index contributed by atoms with van der Waals surface area (Å²) in [6.45, 7) is 1.08. The number of sulfonamides is 1. The highest BCUT2D eigenvalue weighted by Gasteiger charge is 2.18. The fraction of sp³-hybridized carbons (Fsp3) is 0.278. The summed E-state index contributed by atoms with van der Waals surface area (Å²) in [6, 6.07) is 13.5. The first-order valence-electron chi connectivity index (χ1n) is 8.08. The van der Waals surface area contributed by atoms with Crippen LogP contribution in [0.5, 0.6) is 0 Å². The van der Waals surface area contributed by atoms with E-state index in [2.05, 4.69) is 10.0 Å². The molecule has 0 bridgehead atoms. The van der Waals surface area contributed by atoms with Crippen LogP contribution in [0.4, 0.5) is 5.69 Å². The van der Waals surface area contributed by atoms with Gasteiger partial charge in [0.25, 0.3) is 0 Å². The molecule has 0 atom stereocenters. The summed E-state index contributed by atoms with van der Waals surface area (Å²) < 4.78 is 31.9. The van der Waals surface area contributed by atoms with Crippen molar-refractivity contribution < 1.29 is 23.1 Å². The van der Waals surface area contributed by atoms with Gasteiger partial charge in [-0.15, -0.1) is 0 Å². The average molecular weight is 378 g/mol. The summed E-state index contributed by atoms with van der Waals surface area (Å²) in [6.07, 6.45) is 0.526. The van der Waals surface area contributed by atoms with Gasteiger partial charge in [-0.3, -0.25) is 0 Å². The van der Waals surface area contributed by atoms with Gasteiger partial charge in [-0.05, 0) is 30.2 Å². The highest BCUT2D eigenvalue weighted by atomic mass is 32.2. The van der Waals surface area contributed by atoms with Crippen molar-refractivity contribution in [2.45, 2.75) is 17.9 Å². The largest absolute Gasteiger partial charge is 0.478 e. The maximum atomic E-state index is 12.3. The number of methoxy groups -OCH3 is 1. The van der Waals surface area contributed by atoms with E-state index in [4.69, 9.17) is 4.74 Å². The molecule has 0 aromatic heterocycles. The summed E-state index contributed by atoms with van der Waals surface area (Å²) in [4.78, 5) is 11.5. The van der Waals surface area contributed by atoms with E-state index in [9.17, 15) is 18.3 Å². The van der Waals surface area contributed by atoms with E-state index in [-0.39, 0.29) is 17.0 Å². The molecular formula is C18H22N2O5S. The summed E-state index contributed by atoms with van der Waals surface area (Å²) in [5, 5.41) is 12.5. The SMILES string of the molecule is COCCCNS(=O)(=O)c1ccc(NCc2ccccc2)c(C(=O)O)c1. The number of hydrogen-bond acceptors (Lipinski definition) is 5. The Morgan fingerprint density at radius 1 is 1.15 bits per heavy atom. The molecule has 0 aliphatic carbocycles. The third-order valence-electron chi connectivity index (χ3n) is 3.67. The van der Waals surface area contributed by atoms with Crippen LogP contribution in [0.25, 0.3) is 0 Å². The molecule has 0 unspecified atom stereocenters. The zero-order valence-electron chi connectivity index (χ0n) is 14.4. The molecule has 0 amide bonds. The number of nitrogens with one attached hydrogen (secondary N) is 2. The number of rotatable bonds is 10. The van der Waals surface area contributed by atoms with Crippen LogP contribution >= 0.6 is 0 Å². The van der Waals surface area contributed by atoms with Gasteiger partial charge in [0.05, 0.1) is 10.5 Å². The number of benzene rings is 2. The third kappa shape index (κ3) is 5.55. The van der Waals surface area contributed by atoms with Crippen LogP contribution in [0.3, 0.4) is 0 Å². The van der Waals surface area contributed by atoms with Crippen LogP contribution in [0.2, 0.25) is 0 Å². The monoisotopic (exact) mass is 378 g/mol. The van der Waals surface area contributed by atoms with Gasteiger partial charge >= 0.3 is 5.97 Å². The zero-order valence-corrected chi connectivity index (χ0v) is 15.3. The molecule has 0 heterocycles. The van der Waals surface area contributed by atoms with E-state index in [0.29, 0.717) is 25.3 Å². The van der Waals surface area contributed by atoms with Crippen LogP contribution in [-0.2, 0) is 21.3 Å². The molecule has 0 saturated heterocycles. The predicted octanol–water partition coefficient (Wildman–Crippen LogP) is 2.31. The average Bonchev–Trinajstić information content (AvgIpc) is 2.64. The first-order valence-corrected chi connectivity index (χ1v) is 9.56. The first kappa shape index (κ1) is 19.9. The Morgan fingerprint density at radius 2 is 1.88 bits per heavy atom. The molecule has 0 saturated carbocycles. The second-order valence-corrected chi connectivity index (χ2v) is 7.36. The van der Waals surface area contributed by atoms with Crippen LogP contribution in [0.1, 0.15) is 22.3 Å². The van der Waals surface area contributed by atoms with E-state index >= 15 is 0 Å². The Morgan fingerprint density at radius 3 is 2.54 bits per heavy atom. The van der Waals surface area contributed by atoms with Gasteiger partial charge in [-0.25, -0.2) is 17.9 Å². The number of ether oxygens (including phenoxy) is 1. The summed E-state index contributed by atoms with van der Waals surface area (Å²) in [5.74, 6) is -1.20. The molecule has 7 nitrogen and oxygen atoms in total. The van der Waals surface area contributed by atoms with Crippen molar-refractivity contribution in [3.8, 4) is 0 Å². The molecule has 0 spiro atoms. The predicted molar refractivity (Wildman–Crippen MR) is 98.9 cm³/mol. The third-order valence-corrected chi connectivity index (χ3v) is 5.13. The molecule has 8 heteroatoms. The van der Waals surface area contributed by atoms with Crippen molar-refractivity contribution in [2.75, 3.05) is 25.6 Å². The minimum absolute atomic E-state index is 0.0856. The number of hydrogen-bond donors (Lipinski definition) is 3. The van der Waals surface area contributed by atoms with E-state index < -0.39 is 16.0 Å². The lowest BCUT2D eigenvalue weighted by Gasteiger charge is -2.12. The van der Waals surface area contributed by atoms with Crippen molar-refractivity contribution >= 4 is 21.7 Å². The smallest absolute Gasteiger partial charge is 0.337 e. The number of carbonyl (C=O) groups is 1. The maximum absolute atomic E-state index is 12.3. The molecular weight excluding hydrogens is 356 g/mol. The Hall–Kier alpha value is -2.42. The molecule has 2 rings (SSSR count). The number of carboxylic acids is 1. The van der Waals surface area contributed by atoms with E-state index in [1.807, 2.05) is 30.3 Å². The summed E-state index contributed by atoms with van der Waals surface area (Å²) >= 11 is 0. The normalized spacial score (nSPS) is 11.3. The summed E-state index contributed by atoms with van der Waals surface area (Å²) in [7, 11) is -2.24. The van der Waals surface area contributed by atoms with Crippen molar-refractivity contribution in [1.29, 1.82) is 0 Å². The van der Waals surface area contributed by atoms with E-state index in [0.717, 1.165) is 11.6 Å². The van der Waals surface area contributed by atoms with Crippen molar-refractivity contribution in [3.05, 3.63) is 59.7 Å². The Kier molecular flexibility index (Phi) is 7.14. The van der Waals surface area contributed by atoms with E-state index in [1.165, 1.54) is 19.2 Å². The number of carboxylic acid groups (broad SMARTS) is 1. The molecule has 0 aliphatic rings. The minimum Gasteiger partial charge on any atom is -0.478 e. The number of aromatic carboxylic acids is 1.